The Morgan fingerprint density at radius 1 is 1.04 bits per heavy atom. The van der Waals surface area contributed by atoms with E-state index in [0.717, 1.165) is 42.6 Å². The van der Waals surface area contributed by atoms with Crippen molar-refractivity contribution < 1.29 is 4.79 Å². The number of benzene rings is 2. The molecule has 1 saturated carbocycles. The molecular weight excluding hydrogens is 356 g/mol. The maximum absolute atomic E-state index is 13.5. The zero-order chi connectivity index (χ0) is 19.2. The minimum Gasteiger partial charge on any atom is -0.362 e. The summed E-state index contributed by atoms with van der Waals surface area (Å²) in [6.07, 6.45) is 4.10. The van der Waals surface area contributed by atoms with Crippen molar-refractivity contribution in [2.24, 2.45) is 11.3 Å². The first-order chi connectivity index (χ1) is 12.8. The molecule has 0 saturated heterocycles. The minimum atomic E-state index is -0.374. The number of carbonyl (C=O) groups is 1. The Kier molecular flexibility index (Phi) is 4.46. The molecule has 1 aliphatic heterocycles. The smallest absolute Gasteiger partial charge is 0.262 e. The molecule has 0 unspecified atom stereocenters. The lowest BCUT2D eigenvalue weighted by Gasteiger charge is -2.53. The largest absolute Gasteiger partial charge is 0.362 e. The maximum Gasteiger partial charge on any atom is 0.262 e. The van der Waals surface area contributed by atoms with Gasteiger partial charge < -0.3 is 5.32 Å². The summed E-state index contributed by atoms with van der Waals surface area (Å²) < 4.78 is 0. The van der Waals surface area contributed by atoms with Crippen molar-refractivity contribution in [3.05, 3.63) is 59.1 Å². The molecule has 3 nitrogen and oxygen atoms in total. The van der Waals surface area contributed by atoms with E-state index in [4.69, 9.17) is 11.6 Å². The number of hydrogen-bond acceptors (Lipinski definition) is 2. The highest BCUT2D eigenvalue weighted by Gasteiger charge is 2.48. The van der Waals surface area contributed by atoms with Crippen LogP contribution in [0.5, 0.6) is 0 Å². The Morgan fingerprint density at radius 2 is 1.67 bits per heavy atom. The highest BCUT2D eigenvalue weighted by Crippen LogP contribution is 2.47. The van der Waals surface area contributed by atoms with Crippen molar-refractivity contribution in [2.45, 2.75) is 52.1 Å². The standard InChI is InChI=1S/C23H27ClN2O/c1-22(2,3)16-12-14-23(15-13-16)25-20-7-5-4-6-19(20)21(27)26(23)18-10-8-17(24)9-11-18/h4-11,16,25H,12-15H2,1-3H3. The number of anilines is 2. The van der Waals surface area contributed by atoms with Crippen LogP contribution in [0, 0.1) is 11.3 Å². The molecule has 2 aromatic carbocycles. The fraction of sp³-hybridized carbons (Fsp3) is 0.435. The van der Waals surface area contributed by atoms with Crippen LogP contribution in [-0.2, 0) is 0 Å². The van der Waals surface area contributed by atoms with Gasteiger partial charge in [-0.3, -0.25) is 9.69 Å². The van der Waals surface area contributed by atoms with E-state index in [-0.39, 0.29) is 11.6 Å². The second kappa shape index (κ2) is 6.56. The van der Waals surface area contributed by atoms with Crippen LogP contribution in [0.4, 0.5) is 11.4 Å². The number of amides is 1. The minimum absolute atomic E-state index is 0.0703. The number of rotatable bonds is 1. The topological polar surface area (TPSA) is 32.3 Å². The van der Waals surface area contributed by atoms with E-state index in [1.165, 1.54) is 0 Å². The average Bonchev–Trinajstić information content (AvgIpc) is 2.63. The van der Waals surface area contributed by atoms with E-state index >= 15 is 0 Å². The summed E-state index contributed by atoms with van der Waals surface area (Å²) >= 11 is 6.10. The van der Waals surface area contributed by atoms with Gasteiger partial charge in [0.15, 0.2) is 0 Å². The summed E-state index contributed by atoms with van der Waals surface area (Å²) in [6, 6.07) is 15.5. The van der Waals surface area contributed by atoms with Gasteiger partial charge in [0.25, 0.3) is 5.91 Å². The van der Waals surface area contributed by atoms with Gasteiger partial charge in [0.05, 0.1) is 5.56 Å². The van der Waals surface area contributed by atoms with Gasteiger partial charge in [0.2, 0.25) is 0 Å². The molecular formula is C23H27ClN2O. The lowest BCUT2D eigenvalue weighted by molar-refractivity contribution is 0.0893. The number of carbonyl (C=O) groups excluding carboxylic acids is 1. The number of fused-ring (bicyclic) bond motifs is 1. The fourth-order valence-electron chi connectivity index (χ4n) is 4.66. The molecule has 2 aromatic rings. The van der Waals surface area contributed by atoms with Crippen LogP contribution in [0.1, 0.15) is 56.8 Å². The highest BCUT2D eigenvalue weighted by atomic mass is 35.5. The molecule has 142 valence electrons. The molecule has 0 aromatic heterocycles. The lowest BCUT2D eigenvalue weighted by atomic mass is 9.68. The van der Waals surface area contributed by atoms with E-state index in [1.54, 1.807) is 0 Å². The van der Waals surface area contributed by atoms with Crippen LogP contribution < -0.4 is 10.2 Å². The Bertz CT molecular complexity index is 845. The summed E-state index contributed by atoms with van der Waals surface area (Å²) in [6.45, 7) is 6.96. The van der Waals surface area contributed by atoms with E-state index in [0.29, 0.717) is 16.4 Å². The van der Waals surface area contributed by atoms with Crippen molar-refractivity contribution in [2.75, 3.05) is 10.2 Å². The number of para-hydroxylation sites is 1. The number of halogens is 1. The SMILES string of the molecule is CC(C)(C)C1CCC2(CC1)Nc1ccccc1C(=O)N2c1ccc(Cl)cc1. The van der Waals surface area contributed by atoms with Gasteiger partial charge >= 0.3 is 0 Å². The van der Waals surface area contributed by atoms with Gasteiger partial charge in [-0.05, 0) is 73.4 Å². The monoisotopic (exact) mass is 382 g/mol. The Morgan fingerprint density at radius 3 is 2.30 bits per heavy atom. The number of hydrogen-bond donors (Lipinski definition) is 1. The highest BCUT2D eigenvalue weighted by molar-refractivity contribution is 6.30. The number of nitrogens with one attached hydrogen (secondary N) is 1. The van der Waals surface area contributed by atoms with Gasteiger partial charge in [-0.2, -0.15) is 0 Å². The first-order valence-electron chi connectivity index (χ1n) is 9.77. The summed E-state index contributed by atoms with van der Waals surface area (Å²) in [5, 5.41) is 4.43. The normalized spacial score (nSPS) is 25.3. The molecule has 1 N–H and O–H groups in total. The summed E-state index contributed by atoms with van der Waals surface area (Å²) in [7, 11) is 0. The van der Waals surface area contributed by atoms with Crippen LogP contribution in [0.15, 0.2) is 48.5 Å². The summed E-state index contributed by atoms with van der Waals surface area (Å²) in [5.74, 6) is 0.741. The number of nitrogens with zero attached hydrogens (tertiary/aromatic N) is 1. The first kappa shape index (κ1) is 18.4. The van der Waals surface area contributed by atoms with E-state index in [9.17, 15) is 4.79 Å². The van der Waals surface area contributed by atoms with Gasteiger partial charge in [-0.1, -0.05) is 44.5 Å². The Hall–Kier alpha value is -2.00. The molecule has 0 bridgehead atoms. The Balaban J connectivity index is 1.76. The van der Waals surface area contributed by atoms with Crippen LogP contribution >= 0.6 is 11.6 Å². The molecule has 1 heterocycles. The van der Waals surface area contributed by atoms with Gasteiger partial charge in [-0.25, -0.2) is 0 Å². The van der Waals surface area contributed by atoms with Crippen molar-refractivity contribution in [1.82, 2.24) is 0 Å². The van der Waals surface area contributed by atoms with E-state index in [1.807, 2.05) is 53.4 Å². The van der Waals surface area contributed by atoms with Crippen molar-refractivity contribution in [3.8, 4) is 0 Å². The zero-order valence-electron chi connectivity index (χ0n) is 16.3. The summed E-state index contributed by atoms with van der Waals surface area (Å²) in [5.41, 5.74) is 2.50. The van der Waals surface area contributed by atoms with Crippen molar-refractivity contribution >= 4 is 28.9 Å². The first-order valence-corrected chi connectivity index (χ1v) is 10.2. The maximum atomic E-state index is 13.5. The molecule has 1 spiro atoms. The van der Waals surface area contributed by atoms with E-state index < -0.39 is 0 Å². The molecule has 1 fully saturated rings. The molecule has 4 heteroatoms. The van der Waals surface area contributed by atoms with Crippen LogP contribution in [0.25, 0.3) is 0 Å². The molecule has 1 aliphatic carbocycles. The average molecular weight is 383 g/mol. The van der Waals surface area contributed by atoms with Crippen LogP contribution in [0.2, 0.25) is 5.02 Å². The third-order valence-electron chi connectivity index (χ3n) is 6.28. The predicted octanol–water partition coefficient (Wildman–Crippen LogP) is 6.34. The van der Waals surface area contributed by atoms with E-state index in [2.05, 4.69) is 26.1 Å². The third kappa shape index (κ3) is 3.23. The zero-order valence-corrected chi connectivity index (χ0v) is 17.0. The predicted molar refractivity (Wildman–Crippen MR) is 112 cm³/mol. The summed E-state index contributed by atoms with van der Waals surface area (Å²) in [4.78, 5) is 15.5. The second-order valence-electron chi connectivity index (χ2n) is 8.96. The lowest BCUT2D eigenvalue weighted by Crippen LogP contribution is -2.62. The fourth-order valence-corrected chi connectivity index (χ4v) is 4.79. The van der Waals surface area contributed by atoms with Crippen LogP contribution in [0.3, 0.4) is 0 Å². The quantitative estimate of drug-likeness (QED) is 0.623. The Labute approximate surface area is 166 Å². The van der Waals surface area contributed by atoms with Gasteiger partial charge in [0.1, 0.15) is 5.66 Å². The van der Waals surface area contributed by atoms with Crippen molar-refractivity contribution in [3.63, 3.8) is 0 Å². The molecule has 4 rings (SSSR count). The van der Waals surface area contributed by atoms with Crippen LogP contribution in [-0.4, -0.2) is 11.6 Å². The van der Waals surface area contributed by atoms with Gasteiger partial charge in [-0.15, -0.1) is 0 Å². The molecule has 2 aliphatic rings. The molecule has 0 radical (unpaired) electrons. The van der Waals surface area contributed by atoms with Crippen molar-refractivity contribution in [1.29, 1.82) is 0 Å². The molecule has 27 heavy (non-hydrogen) atoms. The molecule has 1 amide bonds. The van der Waals surface area contributed by atoms with Gasteiger partial charge in [0, 0.05) is 16.4 Å². The second-order valence-corrected chi connectivity index (χ2v) is 9.40. The third-order valence-corrected chi connectivity index (χ3v) is 6.53. The molecule has 0 atom stereocenters.